The number of hydrogen-bond donors (Lipinski definition) is 1. The number of carboxylic acid groups (broad SMARTS) is 1. The summed E-state index contributed by atoms with van der Waals surface area (Å²) in [6.07, 6.45) is 2.37. The first-order valence-corrected chi connectivity index (χ1v) is 7.77. The predicted octanol–water partition coefficient (Wildman–Crippen LogP) is 3.11. The zero-order valence-corrected chi connectivity index (χ0v) is 13.3. The normalized spacial score (nSPS) is 36.3. The summed E-state index contributed by atoms with van der Waals surface area (Å²) in [6, 6.07) is 7.86. The zero-order chi connectivity index (χ0) is 16.1. The van der Waals surface area contributed by atoms with Crippen molar-refractivity contribution in [2.75, 3.05) is 7.11 Å². The maximum absolute atomic E-state index is 12.5. The number of ether oxygens (including phenoxy) is 1. The molecule has 0 heterocycles. The molecule has 4 atom stereocenters. The van der Waals surface area contributed by atoms with E-state index in [0.717, 1.165) is 24.0 Å². The summed E-state index contributed by atoms with van der Waals surface area (Å²) in [5, 5.41) is 9.86. The third kappa shape index (κ3) is 1.76. The van der Waals surface area contributed by atoms with Crippen molar-refractivity contribution in [2.45, 2.75) is 44.4 Å². The van der Waals surface area contributed by atoms with Crippen molar-refractivity contribution in [3.8, 4) is 0 Å². The molecule has 0 aromatic heterocycles. The number of carbonyl (C=O) groups is 2. The Labute approximate surface area is 130 Å². The zero-order valence-electron chi connectivity index (χ0n) is 13.3. The standard InChI is InChI=1S/C18H22O4/c1-17-9-6-10-18(2,16(20)21)14(17)13(15(19)22-3)11-7-4-5-8-12(11)17/h4-5,7-8,13-14H,6,9-10H2,1-3H3,(H,20,21). The van der Waals surface area contributed by atoms with Crippen molar-refractivity contribution in [3.63, 3.8) is 0 Å². The molecule has 0 radical (unpaired) electrons. The van der Waals surface area contributed by atoms with Crippen molar-refractivity contribution in [2.24, 2.45) is 11.3 Å². The fraction of sp³-hybridized carbons (Fsp3) is 0.556. The Kier molecular flexibility index (Phi) is 3.31. The maximum Gasteiger partial charge on any atom is 0.313 e. The van der Waals surface area contributed by atoms with E-state index in [1.807, 2.05) is 24.3 Å². The van der Waals surface area contributed by atoms with Crippen LogP contribution in [0.3, 0.4) is 0 Å². The van der Waals surface area contributed by atoms with Gasteiger partial charge in [0.2, 0.25) is 0 Å². The molecule has 0 saturated heterocycles. The average Bonchev–Trinajstić information content (AvgIpc) is 2.77. The molecule has 0 amide bonds. The van der Waals surface area contributed by atoms with Crippen LogP contribution in [0.25, 0.3) is 0 Å². The van der Waals surface area contributed by atoms with Crippen LogP contribution in [-0.2, 0) is 19.7 Å². The fourth-order valence-electron chi connectivity index (χ4n) is 4.97. The van der Waals surface area contributed by atoms with Crippen LogP contribution in [0.2, 0.25) is 0 Å². The Morgan fingerprint density at radius 3 is 2.55 bits per heavy atom. The van der Waals surface area contributed by atoms with E-state index in [2.05, 4.69) is 6.92 Å². The fourth-order valence-corrected chi connectivity index (χ4v) is 4.97. The molecule has 1 saturated carbocycles. The third-order valence-electron chi connectivity index (χ3n) is 5.95. The summed E-state index contributed by atoms with van der Waals surface area (Å²) in [5.41, 5.74) is 0.852. The highest BCUT2D eigenvalue weighted by atomic mass is 16.5. The van der Waals surface area contributed by atoms with Gasteiger partial charge in [-0.05, 0) is 36.3 Å². The smallest absolute Gasteiger partial charge is 0.313 e. The minimum Gasteiger partial charge on any atom is -0.481 e. The minimum atomic E-state index is -0.912. The van der Waals surface area contributed by atoms with Crippen LogP contribution >= 0.6 is 0 Å². The number of methoxy groups -OCH3 is 1. The van der Waals surface area contributed by atoms with Crippen molar-refractivity contribution in [1.82, 2.24) is 0 Å². The summed E-state index contributed by atoms with van der Waals surface area (Å²) in [7, 11) is 1.38. The van der Waals surface area contributed by atoms with Crippen LogP contribution in [0.4, 0.5) is 0 Å². The molecule has 1 N–H and O–H groups in total. The number of hydrogen-bond acceptors (Lipinski definition) is 3. The first-order valence-electron chi connectivity index (χ1n) is 7.77. The molecule has 2 aliphatic rings. The number of fused-ring (bicyclic) bond motifs is 3. The number of carboxylic acids is 1. The molecule has 1 aromatic carbocycles. The molecule has 0 bridgehead atoms. The number of aliphatic carboxylic acids is 1. The molecule has 0 aliphatic heterocycles. The number of carbonyl (C=O) groups excluding carboxylic acids is 1. The number of rotatable bonds is 2. The van der Waals surface area contributed by atoms with Gasteiger partial charge in [-0.3, -0.25) is 9.59 Å². The number of benzene rings is 1. The lowest BCUT2D eigenvalue weighted by atomic mass is 9.54. The molecular weight excluding hydrogens is 280 g/mol. The first kappa shape index (κ1) is 15.1. The molecule has 3 rings (SSSR count). The van der Waals surface area contributed by atoms with Gasteiger partial charge in [0.25, 0.3) is 0 Å². The van der Waals surface area contributed by atoms with Gasteiger partial charge in [0.1, 0.15) is 0 Å². The van der Waals surface area contributed by atoms with Crippen LogP contribution in [0.1, 0.15) is 50.2 Å². The van der Waals surface area contributed by atoms with E-state index in [1.54, 1.807) is 6.92 Å². The molecular formula is C18H22O4. The molecule has 2 aliphatic carbocycles. The van der Waals surface area contributed by atoms with E-state index < -0.39 is 17.3 Å². The summed E-state index contributed by atoms with van der Waals surface area (Å²) in [4.78, 5) is 24.5. The van der Waals surface area contributed by atoms with E-state index in [0.29, 0.717) is 6.42 Å². The topological polar surface area (TPSA) is 63.6 Å². The molecule has 22 heavy (non-hydrogen) atoms. The van der Waals surface area contributed by atoms with Gasteiger partial charge in [-0.2, -0.15) is 0 Å². The van der Waals surface area contributed by atoms with E-state index >= 15 is 0 Å². The first-order chi connectivity index (χ1) is 10.4. The average molecular weight is 302 g/mol. The monoisotopic (exact) mass is 302 g/mol. The second-order valence-electron chi connectivity index (χ2n) is 7.06. The Balaban J connectivity index is 2.24. The highest BCUT2D eigenvalue weighted by molar-refractivity contribution is 5.85. The molecule has 4 nitrogen and oxygen atoms in total. The van der Waals surface area contributed by atoms with Crippen LogP contribution in [0, 0.1) is 11.3 Å². The van der Waals surface area contributed by atoms with E-state index in [-0.39, 0.29) is 17.3 Å². The van der Waals surface area contributed by atoms with E-state index in [4.69, 9.17) is 4.74 Å². The van der Waals surface area contributed by atoms with Crippen molar-refractivity contribution in [1.29, 1.82) is 0 Å². The van der Waals surface area contributed by atoms with Crippen molar-refractivity contribution in [3.05, 3.63) is 35.4 Å². The van der Waals surface area contributed by atoms with Gasteiger partial charge in [-0.15, -0.1) is 0 Å². The van der Waals surface area contributed by atoms with Crippen LogP contribution < -0.4 is 0 Å². The lowest BCUT2D eigenvalue weighted by molar-refractivity contribution is -0.160. The van der Waals surface area contributed by atoms with Gasteiger partial charge in [0, 0.05) is 5.92 Å². The highest BCUT2D eigenvalue weighted by Gasteiger charge is 2.63. The van der Waals surface area contributed by atoms with Crippen molar-refractivity contribution >= 4 is 11.9 Å². The number of esters is 1. The molecule has 1 aromatic rings. The van der Waals surface area contributed by atoms with Gasteiger partial charge in [0.15, 0.2) is 0 Å². The van der Waals surface area contributed by atoms with Crippen LogP contribution in [0.15, 0.2) is 24.3 Å². The quantitative estimate of drug-likeness (QED) is 0.853. The molecule has 4 heteroatoms. The maximum atomic E-state index is 12.5. The Hall–Kier alpha value is -1.84. The molecule has 4 unspecified atom stereocenters. The largest absolute Gasteiger partial charge is 0.481 e. The van der Waals surface area contributed by atoms with E-state index in [9.17, 15) is 14.7 Å². The summed E-state index contributed by atoms with van der Waals surface area (Å²) in [6.45, 7) is 3.90. The van der Waals surface area contributed by atoms with Gasteiger partial charge >= 0.3 is 11.9 Å². The van der Waals surface area contributed by atoms with Gasteiger partial charge in [-0.25, -0.2) is 0 Å². The third-order valence-corrected chi connectivity index (χ3v) is 5.95. The van der Waals surface area contributed by atoms with E-state index in [1.165, 1.54) is 7.11 Å². The molecule has 118 valence electrons. The second-order valence-corrected chi connectivity index (χ2v) is 7.06. The Morgan fingerprint density at radius 2 is 1.91 bits per heavy atom. The van der Waals surface area contributed by atoms with Gasteiger partial charge in [0.05, 0.1) is 18.4 Å². The van der Waals surface area contributed by atoms with Crippen molar-refractivity contribution < 1.29 is 19.4 Å². The lowest BCUT2D eigenvalue weighted by Crippen LogP contribution is -2.50. The molecule has 0 spiro atoms. The van der Waals surface area contributed by atoms with Crippen LogP contribution in [-0.4, -0.2) is 24.2 Å². The second kappa shape index (κ2) is 4.83. The van der Waals surface area contributed by atoms with Gasteiger partial charge < -0.3 is 9.84 Å². The molecule has 1 fully saturated rings. The van der Waals surface area contributed by atoms with Gasteiger partial charge in [-0.1, -0.05) is 37.6 Å². The summed E-state index contributed by atoms with van der Waals surface area (Å²) < 4.78 is 5.03. The Morgan fingerprint density at radius 1 is 1.23 bits per heavy atom. The van der Waals surface area contributed by atoms with Crippen LogP contribution in [0.5, 0.6) is 0 Å². The summed E-state index contributed by atoms with van der Waals surface area (Å²) in [5.74, 6) is -1.90. The Bertz CT molecular complexity index is 638. The predicted molar refractivity (Wildman–Crippen MR) is 81.6 cm³/mol. The lowest BCUT2D eigenvalue weighted by Gasteiger charge is -2.48. The SMILES string of the molecule is COC(=O)C1c2ccccc2C2(C)CCCC(C)(C(=O)O)C12. The summed E-state index contributed by atoms with van der Waals surface area (Å²) >= 11 is 0. The highest BCUT2D eigenvalue weighted by Crippen LogP contribution is 2.63. The minimum absolute atomic E-state index is 0.268.